The van der Waals surface area contributed by atoms with Gasteiger partial charge in [0.15, 0.2) is 0 Å². The molecule has 1 aromatic heterocycles. The van der Waals surface area contributed by atoms with Crippen molar-refractivity contribution in [1.82, 2.24) is 9.59 Å². The van der Waals surface area contributed by atoms with E-state index in [9.17, 15) is 19.2 Å². The van der Waals surface area contributed by atoms with Crippen LogP contribution in [-0.4, -0.2) is 86.3 Å². The molecular formula is C42H52N2O12S. The third-order valence-corrected chi connectivity index (χ3v) is 8.80. The van der Waals surface area contributed by atoms with Gasteiger partial charge in [-0.25, -0.2) is 0 Å². The van der Waals surface area contributed by atoms with Gasteiger partial charge in [-0.2, -0.15) is 0 Å². The highest BCUT2D eigenvalue weighted by Crippen LogP contribution is 2.43. The minimum absolute atomic E-state index is 0.0438. The van der Waals surface area contributed by atoms with E-state index in [1.165, 1.54) is 11.5 Å². The molecular weight excluding hydrogens is 757 g/mol. The second-order valence-electron chi connectivity index (χ2n) is 12.7. The molecule has 0 amide bonds. The molecule has 4 aromatic rings. The first kappa shape index (κ1) is 44.3. The molecule has 0 N–H and O–H groups in total. The predicted octanol–water partition coefficient (Wildman–Crippen LogP) is 7.91. The lowest BCUT2D eigenvalue weighted by molar-refractivity contribution is -0.145. The van der Waals surface area contributed by atoms with E-state index in [0.717, 1.165) is 28.7 Å². The normalized spacial score (nSPS) is 10.8. The van der Waals surface area contributed by atoms with Gasteiger partial charge in [0.2, 0.25) is 0 Å². The van der Waals surface area contributed by atoms with Crippen molar-refractivity contribution in [3.8, 4) is 45.3 Å². The van der Waals surface area contributed by atoms with Crippen molar-refractivity contribution >= 4 is 45.6 Å². The summed E-state index contributed by atoms with van der Waals surface area (Å²) < 4.78 is 49.9. The van der Waals surface area contributed by atoms with Crippen LogP contribution in [0.25, 0.3) is 32.5 Å². The van der Waals surface area contributed by atoms with Crippen LogP contribution < -0.4 is 18.9 Å². The minimum atomic E-state index is -0.367. The van der Waals surface area contributed by atoms with Crippen LogP contribution in [-0.2, 0) is 38.1 Å². The van der Waals surface area contributed by atoms with Crippen molar-refractivity contribution in [2.24, 2.45) is 0 Å². The molecule has 3 aromatic carbocycles. The first-order valence-corrected chi connectivity index (χ1v) is 20.2. The van der Waals surface area contributed by atoms with Crippen LogP contribution in [0.5, 0.6) is 23.0 Å². The number of rotatable bonds is 26. The molecule has 0 unspecified atom stereocenters. The molecule has 0 spiro atoms. The molecule has 0 aliphatic carbocycles. The fourth-order valence-electron chi connectivity index (χ4n) is 5.31. The number of hydrogen-bond acceptors (Lipinski definition) is 15. The number of hydrogen-bond donors (Lipinski definition) is 0. The Kier molecular flexibility index (Phi) is 18.8. The van der Waals surface area contributed by atoms with Gasteiger partial charge in [-0.1, -0.05) is 44.3 Å². The van der Waals surface area contributed by atoms with E-state index in [-0.39, 0.29) is 76.0 Å². The average molecular weight is 809 g/mol. The summed E-state index contributed by atoms with van der Waals surface area (Å²) in [5, 5.41) is 4.51. The van der Waals surface area contributed by atoms with Gasteiger partial charge >= 0.3 is 23.9 Å². The highest BCUT2D eigenvalue weighted by Gasteiger charge is 2.20. The number of benzene rings is 3. The molecule has 1 heterocycles. The Morgan fingerprint density at radius 3 is 1.26 bits per heavy atom. The molecule has 14 nitrogen and oxygen atoms in total. The molecule has 57 heavy (non-hydrogen) atoms. The highest BCUT2D eigenvalue weighted by atomic mass is 32.1. The van der Waals surface area contributed by atoms with Crippen LogP contribution in [0.15, 0.2) is 48.5 Å². The molecule has 15 heteroatoms. The van der Waals surface area contributed by atoms with Crippen molar-refractivity contribution in [3.63, 3.8) is 0 Å². The maximum absolute atomic E-state index is 12.3. The number of nitrogens with zero attached hydrogens (tertiary/aromatic N) is 2. The summed E-state index contributed by atoms with van der Waals surface area (Å²) >= 11 is 1.21. The summed E-state index contributed by atoms with van der Waals surface area (Å²) in [6.07, 6.45) is 3.16. The summed E-state index contributed by atoms with van der Waals surface area (Å²) in [5.41, 5.74) is 3.48. The van der Waals surface area contributed by atoms with Gasteiger partial charge in [0.25, 0.3) is 0 Å². The Morgan fingerprint density at radius 2 is 0.842 bits per heavy atom. The van der Waals surface area contributed by atoms with Gasteiger partial charge in [-0.15, -0.1) is 5.10 Å². The first-order chi connectivity index (χ1) is 27.8. The Labute approximate surface area is 337 Å². The van der Waals surface area contributed by atoms with Crippen LogP contribution in [0.1, 0.15) is 79.1 Å². The molecule has 0 bridgehead atoms. The van der Waals surface area contributed by atoms with Gasteiger partial charge in [-0.3, -0.25) is 19.2 Å². The Hall–Kier alpha value is -5.44. The van der Waals surface area contributed by atoms with E-state index in [1.54, 1.807) is 24.3 Å². The zero-order valence-corrected chi connectivity index (χ0v) is 34.0. The molecule has 0 aliphatic rings. The largest absolute Gasteiger partial charge is 0.493 e. The van der Waals surface area contributed by atoms with E-state index in [2.05, 4.69) is 9.59 Å². The Balaban J connectivity index is 1.64. The van der Waals surface area contributed by atoms with Crippen LogP contribution in [0.2, 0.25) is 0 Å². The van der Waals surface area contributed by atoms with Crippen LogP contribution >= 0.6 is 11.5 Å². The second kappa shape index (κ2) is 24.3. The van der Waals surface area contributed by atoms with Crippen LogP contribution in [0, 0.1) is 0 Å². The smallest absolute Gasteiger partial charge is 0.309 e. The standard InChI is InChI=1S/C42H52N2O12S/c1-5-19-53-37(45)15-23-49-29-9-11-31(35(27-29)51-25-17-39(47)55-21-7-3)33-13-14-34(42-41(33)43-44-57-42)32-12-10-30(50-24-16-38(46)54-20-6-2)28-36(32)52-26-18-40(48)56-22-8-4/h9-14,27-28H,5-8,15-26H2,1-4H3. The molecule has 0 fully saturated rings. The summed E-state index contributed by atoms with van der Waals surface area (Å²) in [6.45, 7) is 9.41. The molecule has 0 atom stereocenters. The van der Waals surface area contributed by atoms with E-state index in [0.29, 0.717) is 78.9 Å². The molecule has 308 valence electrons. The van der Waals surface area contributed by atoms with Crippen molar-refractivity contribution in [2.45, 2.75) is 79.1 Å². The minimum Gasteiger partial charge on any atom is -0.493 e. The first-order valence-electron chi connectivity index (χ1n) is 19.4. The van der Waals surface area contributed by atoms with Crippen molar-refractivity contribution in [1.29, 1.82) is 0 Å². The molecule has 0 aliphatic heterocycles. The maximum Gasteiger partial charge on any atom is 0.309 e. The lowest BCUT2D eigenvalue weighted by Gasteiger charge is -2.17. The number of fused-ring (bicyclic) bond motifs is 1. The van der Waals surface area contributed by atoms with Gasteiger partial charge < -0.3 is 37.9 Å². The van der Waals surface area contributed by atoms with E-state index >= 15 is 0 Å². The van der Waals surface area contributed by atoms with E-state index in [4.69, 9.17) is 37.9 Å². The molecule has 0 radical (unpaired) electrons. The van der Waals surface area contributed by atoms with Crippen LogP contribution in [0.4, 0.5) is 0 Å². The summed E-state index contributed by atoms with van der Waals surface area (Å²) in [7, 11) is 0. The third-order valence-electron chi connectivity index (χ3n) is 8.04. The zero-order valence-electron chi connectivity index (χ0n) is 33.1. The van der Waals surface area contributed by atoms with Crippen LogP contribution in [0.3, 0.4) is 0 Å². The lowest BCUT2D eigenvalue weighted by Crippen LogP contribution is -2.11. The van der Waals surface area contributed by atoms with Gasteiger partial charge in [0.05, 0.1) is 83.2 Å². The molecule has 4 rings (SSSR count). The quantitative estimate of drug-likeness (QED) is 0.0443. The summed E-state index contributed by atoms with van der Waals surface area (Å²) in [5.74, 6) is 0.410. The number of carbonyl (C=O) groups is 4. The van der Waals surface area contributed by atoms with E-state index in [1.807, 2.05) is 52.0 Å². The maximum atomic E-state index is 12.3. The Morgan fingerprint density at radius 1 is 0.474 bits per heavy atom. The third kappa shape index (κ3) is 14.2. The van der Waals surface area contributed by atoms with Crippen molar-refractivity contribution in [2.75, 3.05) is 52.9 Å². The average Bonchev–Trinajstić information content (AvgIpc) is 3.71. The van der Waals surface area contributed by atoms with Gasteiger partial charge in [0.1, 0.15) is 28.5 Å². The molecule has 0 saturated carbocycles. The van der Waals surface area contributed by atoms with Gasteiger partial charge in [-0.05, 0) is 61.5 Å². The number of esters is 4. The highest BCUT2D eigenvalue weighted by molar-refractivity contribution is 7.13. The number of carbonyl (C=O) groups excluding carboxylic acids is 4. The summed E-state index contributed by atoms with van der Waals surface area (Å²) in [6, 6.07) is 14.5. The van der Waals surface area contributed by atoms with Crippen molar-refractivity contribution < 1.29 is 57.1 Å². The Bertz CT molecular complexity index is 1780. The fourth-order valence-corrected chi connectivity index (χ4v) is 6.03. The second-order valence-corrected chi connectivity index (χ2v) is 13.5. The lowest BCUT2D eigenvalue weighted by atomic mass is 9.97. The zero-order chi connectivity index (χ0) is 40.8. The molecule has 0 saturated heterocycles. The monoisotopic (exact) mass is 808 g/mol. The summed E-state index contributed by atoms with van der Waals surface area (Å²) in [4.78, 5) is 48.6. The van der Waals surface area contributed by atoms with E-state index < -0.39 is 0 Å². The van der Waals surface area contributed by atoms with Gasteiger partial charge in [0, 0.05) is 34.4 Å². The topological polar surface area (TPSA) is 168 Å². The SMILES string of the molecule is CCCOC(=O)CCOc1ccc(-c2ccc(-c3ccc(OCCC(=O)OCCC)cc3OCCC(=O)OCCC)c3snnc23)c(OCCC(=O)OCCC)c1. The fraction of sp³-hybridized carbons (Fsp3) is 0.476. The number of ether oxygens (including phenoxy) is 8. The van der Waals surface area contributed by atoms with Crippen molar-refractivity contribution in [3.05, 3.63) is 48.5 Å². The number of aromatic nitrogens is 2. The predicted molar refractivity (Wildman–Crippen MR) is 214 cm³/mol.